The summed E-state index contributed by atoms with van der Waals surface area (Å²) in [5.41, 5.74) is 0. The van der Waals surface area contributed by atoms with Crippen LogP contribution in [-0.2, 0) is 9.78 Å². The molecule has 120 valence electrons. The zero-order valence-electron chi connectivity index (χ0n) is 13.9. The zero-order chi connectivity index (χ0) is 14.7. The molecule has 0 aromatic heterocycles. The van der Waals surface area contributed by atoms with Crippen molar-refractivity contribution in [2.45, 2.75) is 90.4 Å². The van der Waals surface area contributed by atoms with Gasteiger partial charge in [-0.15, -0.1) is 0 Å². The van der Waals surface area contributed by atoms with Gasteiger partial charge in [-0.3, -0.25) is 0 Å². The van der Waals surface area contributed by atoms with Crippen molar-refractivity contribution in [2.24, 2.45) is 0 Å². The highest BCUT2D eigenvalue weighted by molar-refractivity contribution is 4.81. The van der Waals surface area contributed by atoms with E-state index in [1.807, 2.05) is 0 Å². The van der Waals surface area contributed by atoms with E-state index in [1.54, 1.807) is 7.11 Å². The first kappa shape index (κ1) is 19.7. The summed E-state index contributed by atoms with van der Waals surface area (Å²) in [5, 5.41) is 0. The Balaban J connectivity index is 2.99. The predicted octanol–water partition coefficient (Wildman–Crippen LogP) is 6.21. The van der Waals surface area contributed by atoms with Crippen LogP contribution in [-0.4, -0.2) is 13.7 Å². The van der Waals surface area contributed by atoms with E-state index >= 15 is 0 Å². The third kappa shape index (κ3) is 17.7. The summed E-state index contributed by atoms with van der Waals surface area (Å²) >= 11 is 0. The molecule has 0 aromatic carbocycles. The van der Waals surface area contributed by atoms with Crippen molar-refractivity contribution in [2.75, 3.05) is 13.7 Å². The Labute approximate surface area is 126 Å². The molecule has 0 bridgehead atoms. The highest BCUT2D eigenvalue weighted by Crippen LogP contribution is 2.10. The van der Waals surface area contributed by atoms with Crippen LogP contribution in [0.4, 0.5) is 0 Å². The maximum Gasteiger partial charge on any atom is 0.0822 e. The molecule has 0 saturated carbocycles. The van der Waals surface area contributed by atoms with Crippen molar-refractivity contribution in [3.8, 4) is 0 Å². The third-order valence-electron chi connectivity index (χ3n) is 3.61. The molecular weight excluding hydrogens is 248 g/mol. The van der Waals surface area contributed by atoms with Gasteiger partial charge in [0, 0.05) is 0 Å². The molecule has 0 saturated heterocycles. The fourth-order valence-corrected chi connectivity index (χ4v) is 2.32. The van der Waals surface area contributed by atoms with Crippen molar-refractivity contribution in [1.29, 1.82) is 0 Å². The van der Waals surface area contributed by atoms with Gasteiger partial charge in [0.2, 0.25) is 0 Å². The first-order valence-electron chi connectivity index (χ1n) is 8.72. The molecule has 0 atom stereocenters. The van der Waals surface area contributed by atoms with Crippen LogP contribution in [0, 0.1) is 0 Å². The Morgan fingerprint density at radius 3 is 1.70 bits per heavy atom. The van der Waals surface area contributed by atoms with E-state index in [4.69, 9.17) is 4.89 Å². The Kier molecular flexibility index (Phi) is 18.3. The van der Waals surface area contributed by atoms with Crippen molar-refractivity contribution in [3.63, 3.8) is 0 Å². The standard InChI is InChI=1S/C18H36O2/c1-3-4-5-6-7-8-9-10-11-12-13-14-15-16-17-18-20-19-2/h7-8H,3-6,9-18H2,1-2H3/b8-7-. The van der Waals surface area contributed by atoms with Gasteiger partial charge in [0.05, 0.1) is 13.7 Å². The van der Waals surface area contributed by atoms with Gasteiger partial charge in [-0.25, -0.2) is 9.78 Å². The van der Waals surface area contributed by atoms with Crippen LogP contribution in [0.15, 0.2) is 12.2 Å². The second-order valence-electron chi connectivity index (χ2n) is 5.57. The van der Waals surface area contributed by atoms with Crippen LogP contribution in [0.2, 0.25) is 0 Å². The molecule has 20 heavy (non-hydrogen) atoms. The van der Waals surface area contributed by atoms with E-state index in [0.29, 0.717) is 0 Å². The van der Waals surface area contributed by atoms with E-state index < -0.39 is 0 Å². The Morgan fingerprint density at radius 2 is 1.15 bits per heavy atom. The van der Waals surface area contributed by atoms with Crippen molar-refractivity contribution in [3.05, 3.63) is 12.2 Å². The smallest absolute Gasteiger partial charge is 0.0822 e. The maximum absolute atomic E-state index is 4.84. The largest absolute Gasteiger partial charge is 0.240 e. The number of hydrogen-bond donors (Lipinski definition) is 0. The van der Waals surface area contributed by atoms with Gasteiger partial charge in [-0.1, -0.05) is 70.4 Å². The van der Waals surface area contributed by atoms with E-state index in [-0.39, 0.29) is 0 Å². The van der Waals surface area contributed by atoms with Crippen LogP contribution in [0.3, 0.4) is 0 Å². The number of rotatable bonds is 16. The second-order valence-corrected chi connectivity index (χ2v) is 5.57. The molecule has 0 spiro atoms. The molecule has 0 aliphatic carbocycles. The summed E-state index contributed by atoms with van der Waals surface area (Å²) in [7, 11) is 1.57. The minimum Gasteiger partial charge on any atom is -0.240 e. The first-order chi connectivity index (χ1) is 9.91. The normalized spacial score (nSPS) is 11.5. The van der Waals surface area contributed by atoms with Gasteiger partial charge in [0.15, 0.2) is 0 Å². The van der Waals surface area contributed by atoms with E-state index in [1.165, 1.54) is 77.0 Å². The Morgan fingerprint density at radius 1 is 0.650 bits per heavy atom. The zero-order valence-corrected chi connectivity index (χ0v) is 13.9. The summed E-state index contributed by atoms with van der Waals surface area (Å²) in [6.45, 7) is 3.00. The molecule has 0 amide bonds. The molecule has 2 heteroatoms. The molecule has 0 rings (SSSR count). The molecule has 0 radical (unpaired) electrons. The van der Waals surface area contributed by atoms with Crippen molar-refractivity contribution >= 4 is 0 Å². The fourth-order valence-electron chi connectivity index (χ4n) is 2.32. The van der Waals surface area contributed by atoms with Gasteiger partial charge < -0.3 is 0 Å². The van der Waals surface area contributed by atoms with E-state index in [2.05, 4.69) is 24.0 Å². The third-order valence-corrected chi connectivity index (χ3v) is 3.61. The topological polar surface area (TPSA) is 18.5 Å². The van der Waals surface area contributed by atoms with Crippen LogP contribution in [0.5, 0.6) is 0 Å². The highest BCUT2D eigenvalue weighted by Gasteiger charge is 1.92. The lowest BCUT2D eigenvalue weighted by Gasteiger charge is -2.02. The molecule has 0 aromatic rings. The summed E-state index contributed by atoms with van der Waals surface area (Å²) in [5.74, 6) is 0. The lowest BCUT2D eigenvalue weighted by Crippen LogP contribution is -1.92. The maximum atomic E-state index is 4.84. The van der Waals surface area contributed by atoms with Crippen molar-refractivity contribution in [1.82, 2.24) is 0 Å². The summed E-state index contributed by atoms with van der Waals surface area (Å²) in [6.07, 6.45) is 22.0. The van der Waals surface area contributed by atoms with Crippen molar-refractivity contribution < 1.29 is 9.78 Å². The summed E-state index contributed by atoms with van der Waals surface area (Å²) in [4.78, 5) is 9.40. The van der Waals surface area contributed by atoms with E-state index in [9.17, 15) is 0 Å². The highest BCUT2D eigenvalue weighted by atomic mass is 17.2. The molecule has 0 heterocycles. The molecule has 0 unspecified atom stereocenters. The van der Waals surface area contributed by atoms with E-state index in [0.717, 1.165) is 13.0 Å². The quantitative estimate of drug-likeness (QED) is 0.145. The molecular formula is C18H36O2. The SMILES string of the molecule is CCCCC/C=C\CCCCCCCCCCOOC. The number of unbranched alkanes of at least 4 members (excludes halogenated alkanes) is 11. The second kappa shape index (κ2) is 18.7. The lowest BCUT2D eigenvalue weighted by molar-refractivity contribution is -0.272. The van der Waals surface area contributed by atoms with Gasteiger partial charge in [0.25, 0.3) is 0 Å². The minimum absolute atomic E-state index is 0.737. The molecule has 0 fully saturated rings. The van der Waals surface area contributed by atoms with Crippen LogP contribution in [0.1, 0.15) is 90.4 Å². The minimum atomic E-state index is 0.737. The summed E-state index contributed by atoms with van der Waals surface area (Å²) < 4.78 is 0. The van der Waals surface area contributed by atoms with Gasteiger partial charge in [0.1, 0.15) is 0 Å². The average Bonchev–Trinajstić information content (AvgIpc) is 2.47. The fraction of sp³-hybridized carbons (Fsp3) is 0.889. The van der Waals surface area contributed by atoms with Gasteiger partial charge >= 0.3 is 0 Å². The van der Waals surface area contributed by atoms with Gasteiger partial charge in [-0.2, -0.15) is 0 Å². The molecule has 0 aliphatic rings. The average molecular weight is 284 g/mol. The first-order valence-corrected chi connectivity index (χ1v) is 8.72. The molecule has 0 aliphatic heterocycles. The lowest BCUT2D eigenvalue weighted by atomic mass is 10.1. The molecule has 2 nitrogen and oxygen atoms in total. The monoisotopic (exact) mass is 284 g/mol. The Hall–Kier alpha value is -0.340. The predicted molar refractivity (Wildman–Crippen MR) is 87.8 cm³/mol. The number of hydrogen-bond acceptors (Lipinski definition) is 2. The van der Waals surface area contributed by atoms with Gasteiger partial charge in [-0.05, 0) is 32.1 Å². The Bertz CT molecular complexity index is 190. The number of allylic oxidation sites excluding steroid dienone is 2. The summed E-state index contributed by atoms with van der Waals surface area (Å²) in [6, 6.07) is 0. The van der Waals surface area contributed by atoms with Crippen LogP contribution >= 0.6 is 0 Å². The molecule has 0 N–H and O–H groups in total. The van der Waals surface area contributed by atoms with Crippen LogP contribution < -0.4 is 0 Å². The van der Waals surface area contributed by atoms with Crippen LogP contribution in [0.25, 0.3) is 0 Å².